The van der Waals surface area contributed by atoms with Gasteiger partial charge in [0.15, 0.2) is 0 Å². The summed E-state index contributed by atoms with van der Waals surface area (Å²) < 4.78 is 34.2. The molecule has 0 spiro atoms. The maximum absolute atomic E-state index is 14.4. The minimum atomic E-state index is -3.32. The van der Waals surface area contributed by atoms with Gasteiger partial charge in [-0.2, -0.15) is 0 Å². The van der Waals surface area contributed by atoms with Gasteiger partial charge in [-0.1, -0.05) is 25.5 Å². The van der Waals surface area contributed by atoms with Crippen LogP contribution in [-0.2, 0) is 14.3 Å². The molecule has 1 saturated carbocycles. The van der Waals surface area contributed by atoms with Gasteiger partial charge < -0.3 is 14.9 Å². The van der Waals surface area contributed by atoms with E-state index < -0.39 is 30.2 Å². The van der Waals surface area contributed by atoms with E-state index in [0.717, 1.165) is 0 Å². The first-order chi connectivity index (χ1) is 12.7. The number of carboxylic acids is 1. The third kappa shape index (κ3) is 5.35. The normalized spacial score (nSPS) is 31.4. The van der Waals surface area contributed by atoms with Gasteiger partial charge >= 0.3 is 11.9 Å². The summed E-state index contributed by atoms with van der Waals surface area (Å²) in [6.07, 6.45) is 5.57. The number of aliphatic hydroxyl groups is 1. The third-order valence-corrected chi connectivity index (χ3v) is 5.71. The van der Waals surface area contributed by atoms with E-state index in [9.17, 15) is 23.5 Å². The Hall–Kier alpha value is -1.34. The fourth-order valence-corrected chi connectivity index (χ4v) is 4.09. The molecule has 0 bridgehead atoms. The number of fused-ring (bicyclic) bond motifs is 1. The predicted molar refractivity (Wildman–Crippen MR) is 95.4 cm³/mol. The Labute approximate surface area is 158 Å². The molecule has 1 unspecified atom stereocenters. The topological polar surface area (TPSA) is 83.8 Å². The summed E-state index contributed by atoms with van der Waals surface area (Å²) in [5.41, 5.74) is 0. The summed E-state index contributed by atoms with van der Waals surface area (Å²) in [5, 5.41) is 19.0. The van der Waals surface area contributed by atoms with Crippen molar-refractivity contribution in [1.29, 1.82) is 0 Å². The first kappa shape index (κ1) is 22.0. The van der Waals surface area contributed by atoms with E-state index in [1.54, 1.807) is 0 Å². The maximum Gasteiger partial charge on any atom is 0.303 e. The zero-order valence-electron chi connectivity index (χ0n) is 15.8. The van der Waals surface area contributed by atoms with Crippen LogP contribution < -0.4 is 0 Å². The van der Waals surface area contributed by atoms with E-state index in [-0.39, 0.29) is 36.9 Å². The molecule has 2 fully saturated rings. The predicted octanol–water partition coefficient (Wildman–Crippen LogP) is 4.09. The molecule has 0 radical (unpaired) electrons. The van der Waals surface area contributed by atoms with Gasteiger partial charge in [0, 0.05) is 31.6 Å². The van der Waals surface area contributed by atoms with E-state index in [2.05, 4.69) is 0 Å². The molecule has 0 aromatic rings. The van der Waals surface area contributed by atoms with E-state index in [4.69, 9.17) is 9.84 Å². The number of Topliss-reactive ketones (excluding diaryl/α,β-unsaturated/α-hetero) is 1. The first-order valence-electron chi connectivity index (χ1n) is 9.87. The van der Waals surface area contributed by atoms with Crippen molar-refractivity contribution in [2.45, 2.75) is 88.9 Å². The molecule has 2 rings (SSSR count). The highest BCUT2D eigenvalue weighted by atomic mass is 19.3. The van der Waals surface area contributed by atoms with Crippen LogP contribution in [0.3, 0.4) is 0 Å². The number of rotatable bonds is 10. The number of aliphatic carboxylic acids is 1. The summed E-state index contributed by atoms with van der Waals surface area (Å²) >= 11 is 0. The number of ketones is 1. The third-order valence-electron chi connectivity index (χ3n) is 5.71. The van der Waals surface area contributed by atoms with Gasteiger partial charge in [-0.3, -0.25) is 9.59 Å². The van der Waals surface area contributed by atoms with Crippen molar-refractivity contribution < 1.29 is 33.3 Å². The van der Waals surface area contributed by atoms with Gasteiger partial charge in [0.1, 0.15) is 5.78 Å². The van der Waals surface area contributed by atoms with Crippen LogP contribution in [0.4, 0.5) is 8.78 Å². The largest absolute Gasteiger partial charge is 0.481 e. The molecule has 154 valence electrons. The van der Waals surface area contributed by atoms with Crippen LogP contribution in [-0.4, -0.2) is 39.8 Å². The minimum absolute atomic E-state index is 0.0127. The average molecular weight is 388 g/mol. The van der Waals surface area contributed by atoms with Crippen LogP contribution in [0, 0.1) is 11.8 Å². The molecule has 1 aliphatic heterocycles. The number of ether oxygens (including phenoxy) is 1. The van der Waals surface area contributed by atoms with Crippen molar-refractivity contribution in [1.82, 2.24) is 0 Å². The molecule has 7 heteroatoms. The molecule has 0 amide bonds. The summed E-state index contributed by atoms with van der Waals surface area (Å²) in [4.78, 5) is 22.8. The molecular formula is C20H30F2O5. The lowest BCUT2D eigenvalue weighted by molar-refractivity contribution is -0.356. The number of carboxylic acid groups (broad SMARTS) is 1. The minimum Gasteiger partial charge on any atom is -0.481 e. The van der Waals surface area contributed by atoms with E-state index in [1.165, 1.54) is 0 Å². The summed E-state index contributed by atoms with van der Waals surface area (Å²) in [6, 6.07) is 0. The van der Waals surface area contributed by atoms with Crippen molar-refractivity contribution >= 4 is 11.8 Å². The molecule has 2 N–H and O–H groups in total. The fraction of sp³-hybridized carbons (Fsp3) is 0.800. The monoisotopic (exact) mass is 388 g/mol. The highest BCUT2D eigenvalue weighted by Crippen LogP contribution is 2.49. The Morgan fingerprint density at radius 2 is 2.11 bits per heavy atom. The number of unbranched alkanes of at least 4 members (excludes halogenated alkanes) is 2. The van der Waals surface area contributed by atoms with Crippen molar-refractivity contribution in [2.75, 3.05) is 0 Å². The Morgan fingerprint density at radius 3 is 2.78 bits per heavy atom. The second kappa shape index (κ2) is 9.24. The Bertz CT molecular complexity index is 563. The number of allylic oxidation sites excluding steroid dienone is 2. The van der Waals surface area contributed by atoms with Crippen molar-refractivity contribution in [2.24, 2.45) is 11.8 Å². The molecule has 27 heavy (non-hydrogen) atoms. The molecule has 2 aliphatic rings. The van der Waals surface area contributed by atoms with Crippen LogP contribution in [0.25, 0.3) is 0 Å². The average Bonchev–Trinajstić information content (AvgIpc) is 2.90. The standard InChI is InChI=1S/C20H30F2O5/c1-2-3-11-19(21,22)20(26)12-10-15-14(16(23)13-17(15)27-20)8-6-4-5-7-9-18(24)25/h4,6,14-15,17,26H,2-3,5,7-13H2,1H3,(H,24,25)/b6-4-/t14-,15-,17-,20?/m1/s1. The zero-order chi connectivity index (χ0) is 20.1. The van der Waals surface area contributed by atoms with Crippen LogP contribution in [0.2, 0.25) is 0 Å². The van der Waals surface area contributed by atoms with E-state index in [1.807, 2.05) is 19.1 Å². The SMILES string of the molecule is CCCCC(F)(F)C1(O)CC[C@H]2[C@@H](CC(=O)[C@@H]2C/C=C\CCCC(=O)O)O1. The quantitative estimate of drug-likeness (QED) is 0.435. The number of carbonyl (C=O) groups excluding carboxylic acids is 1. The first-order valence-corrected chi connectivity index (χ1v) is 9.87. The van der Waals surface area contributed by atoms with Crippen LogP contribution in [0.5, 0.6) is 0 Å². The van der Waals surface area contributed by atoms with Gasteiger partial charge in [-0.05, 0) is 38.0 Å². The summed E-state index contributed by atoms with van der Waals surface area (Å²) in [6.45, 7) is 1.81. The van der Waals surface area contributed by atoms with Crippen LogP contribution >= 0.6 is 0 Å². The van der Waals surface area contributed by atoms with Gasteiger partial charge in [0.25, 0.3) is 0 Å². The summed E-state index contributed by atoms with van der Waals surface area (Å²) in [5.74, 6) is -7.08. The maximum atomic E-state index is 14.4. The number of hydrogen-bond acceptors (Lipinski definition) is 4. The Balaban J connectivity index is 1.90. The number of carbonyl (C=O) groups is 2. The number of hydrogen-bond donors (Lipinski definition) is 2. The Kier molecular flexibility index (Phi) is 7.51. The molecule has 0 aromatic carbocycles. The van der Waals surface area contributed by atoms with Crippen LogP contribution in [0.15, 0.2) is 12.2 Å². The highest BCUT2D eigenvalue weighted by molar-refractivity contribution is 5.84. The molecule has 5 nitrogen and oxygen atoms in total. The highest BCUT2D eigenvalue weighted by Gasteiger charge is 2.59. The number of alkyl halides is 2. The van der Waals surface area contributed by atoms with Gasteiger partial charge in [0.2, 0.25) is 5.79 Å². The lowest BCUT2D eigenvalue weighted by Crippen LogP contribution is -2.55. The molecule has 1 aliphatic carbocycles. The Morgan fingerprint density at radius 1 is 1.37 bits per heavy atom. The lowest BCUT2D eigenvalue weighted by atomic mass is 9.82. The fourth-order valence-electron chi connectivity index (χ4n) is 4.09. The van der Waals surface area contributed by atoms with Crippen molar-refractivity contribution in [3.63, 3.8) is 0 Å². The van der Waals surface area contributed by atoms with Gasteiger partial charge in [0.05, 0.1) is 6.10 Å². The molecule has 0 aromatic heterocycles. The van der Waals surface area contributed by atoms with E-state index in [0.29, 0.717) is 38.5 Å². The van der Waals surface area contributed by atoms with Crippen molar-refractivity contribution in [3.05, 3.63) is 12.2 Å². The lowest BCUT2D eigenvalue weighted by Gasteiger charge is -2.43. The molecule has 1 saturated heterocycles. The molecular weight excluding hydrogens is 358 g/mol. The molecule has 1 heterocycles. The van der Waals surface area contributed by atoms with Gasteiger partial charge in [-0.15, -0.1) is 0 Å². The zero-order valence-corrected chi connectivity index (χ0v) is 15.8. The molecule has 4 atom stereocenters. The second-order valence-electron chi connectivity index (χ2n) is 7.72. The summed E-state index contributed by atoms with van der Waals surface area (Å²) in [7, 11) is 0. The number of halogens is 2. The van der Waals surface area contributed by atoms with Crippen molar-refractivity contribution in [3.8, 4) is 0 Å². The van der Waals surface area contributed by atoms with Gasteiger partial charge in [-0.25, -0.2) is 8.78 Å². The smallest absolute Gasteiger partial charge is 0.303 e. The van der Waals surface area contributed by atoms with Crippen LogP contribution in [0.1, 0.15) is 71.1 Å². The second-order valence-corrected chi connectivity index (χ2v) is 7.72. The van der Waals surface area contributed by atoms with E-state index >= 15 is 0 Å².